The predicted octanol–water partition coefficient (Wildman–Crippen LogP) is 0.688. The van der Waals surface area contributed by atoms with Gasteiger partial charge in [0.1, 0.15) is 18.0 Å². The van der Waals surface area contributed by atoms with E-state index in [9.17, 15) is 4.79 Å². The van der Waals surface area contributed by atoms with Gasteiger partial charge in [0.05, 0.1) is 0 Å². The molecule has 1 unspecified atom stereocenters. The maximum atomic E-state index is 11.6. The molecule has 0 fully saturated rings. The van der Waals surface area contributed by atoms with Crippen LogP contribution in [0.1, 0.15) is 26.5 Å². The second-order valence-electron chi connectivity index (χ2n) is 4.54. The van der Waals surface area contributed by atoms with Crippen LogP contribution >= 0.6 is 0 Å². The zero-order valence-electron chi connectivity index (χ0n) is 9.80. The Kier molecular flexibility index (Phi) is 3.95. The first-order chi connectivity index (χ1) is 7.38. The van der Waals surface area contributed by atoms with Crippen molar-refractivity contribution in [2.24, 2.45) is 5.73 Å². The van der Waals surface area contributed by atoms with Gasteiger partial charge < -0.3 is 10.5 Å². The largest absolute Gasteiger partial charge is 0.459 e. The molecule has 16 heavy (non-hydrogen) atoms. The summed E-state index contributed by atoms with van der Waals surface area (Å²) in [6.45, 7) is 5.42. The minimum Gasteiger partial charge on any atom is -0.459 e. The van der Waals surface area contributed by atoms with Gasteiger partial charge >= 0.3 is 5.97 Å². The summed E-state index contributed by atoms with van der Waals surface area (Å²) >= 11 is 0. The summed E-state index contributed by atoms with van der Waals surface area (Å²) in [6, 6.07) is 1.04. The van der Waals surface area contributed by atoms with E-state index in [2.05, 4.69) is 9.97 Å². The summed E-state index contributed by atoms with van der Waals surface area (Å²) < 4.78 is 5.16. The van der Waals surface area contributed by atoms with Gasteiger partial charge in [-0.1, -0.05) is 0 Å². The van der Waals surface area contributed by atoms with Crippen molar-refractivity contribution in [3.8, 4) is 0 Å². The van der Waals surface area contributed by atoms with E-state index in [-0.39, 0.29) is 0 Å². The van der Waals surface area contributed by atoms with Crippen LogP contribution in [0.2, 0.25) is 0 Å². The summed E-state index contributed by atoms with van der Waals surface area (Å²) in [5.41, 5.74) is 5.94. The summed E-state index contributed by atoms with van der Waals surface area (Å²) in [4.78, 5) is 19.4. The van der Waals surface area contributed by atoms with Crippen LogP contribution in [-0.4, -0.2) is 27.6 Å². The van der Waals surface area contributed by atoms with Gasteiger partial charge in [0.25, 0.3) is 0 Å². The first kappa shape index (κ1) is 12.6. The number of hydrogen-bond donors (Lipinski definition) is 1. The zero-order valence-corrected chi connectivity index (χ0v) is 9.80. The third-order valence-electron chi connectivity index (χ3n) is 1.78. The van der Waals surface area contributed by atoms with Crippen molar-refractivity contribution in [3.05, 3.63) is 24.3 Å². The Balaban J connectivity index is 2.53. The number of esters is 1. The van der Waals surface area contributed by atoms with Gasteiger partial charge in [0.2, 0.25) is 0 Å². The van der Waals surface area contributed by atoms with Gasteiger partial charge in [-0.25, -0.2) is 9.97 Å². The molecular formula is C11H17N3O2. The summed E-state index contributed by atoms with van der Waals surface area (Å²) in [6.07, 6.45) is 3.40. The Morgan fingerprint density at radius 2 is 2.25 bits per heavy atom. The lowest BCUT2D eigenvalue weighted by molar-refractivity contribution is -0.156. The Bertz CT molecular complexity index is 346. The molecule has 0 aliphatic rings. The smallest absolute Gasteiger partial charge is 0.323 e. The minimum absolute atomic E-state index is 0.359. The van der Waals surface area contributed by atoms with E-state index in [1.165, 1.54) is 6.33 Å². The van der Waals surface area contributed by atoms with E-state index in [1.807, 2.05) is 20.8 Å². The highest BCUT2D eigenvalue weighted by atomic mass is 16.6. The van der Waals surface area contributed by atoms with Crippen LogP contribution in [0, 0.1) is 0 Å². The maximum Gasteiger partial charge on any atom is 0.323 e. The average Bonchev–Trinajstić information content (AvgIpc) is 2.16. The Hall–Kier alpha value is -1.49. The lowest BCUT2D eigenvalue weighted by Gasteiger charge is -2.21. The maximum absolute atomic E-state index is 11.6. The fourth-order valence-electron chi connectivity index (χ4n) is 1.12. The highest BCUT2D eigenvalue weighted by Crippen LogP contribution is 2.09. The van der Waals surface area contributed by atoms with Gasteiger partial charge in [-0.2, -0.15) is 0 Å². The van der Waals surface area contributed by atoms with Crippen LogP contribution < -0.4 is 5.73 Å². The minimum atomic E-state index is -0.686. The van der Waals surface area contributed by atoms with Crippen molar-refractivity contribution >= 4 is 5.97 Å². The molecule has 1 rings (SSSR count). The summed E-state index contributed by atoms with van der Waals surface area (Å²) in [5, 5.41) is 0. The molecule has 5 nitrogen and oxygen atoms in total. The van der Waals surface area contributed by atoms with E-state index >= 15 is 0 Å². The molecule has 0 saturated heterocycles. The van der Waals surface area contributed by atoms with E-state index in [0.717, 1.165) is 5.69 Å². The van der Waals surface area contributed by atoms with Crippen LogP contribution in [0.25, 0.3) is 0 Å². The Labute approximate surface area is 95.0 Å². The zero-order chi connectivity index (χ0) is 12.2. The number of ether oxygens (including phenoxy) is 1. The van der Waals surface area contributed by atoms with Crippen molar-refractivity contribution in [1.29, 1.82) is 0 Å². The number of hydrogen-bond acceptors (Lipinski definition) is 5. The number of aromatic nitrogens is 2. The molecule has 2 N–H and O–H groups in total. The fourth-order valence-corrected chi connectivity index (χ4v) is 1.12. The molecule has 0 saturated carbocycles. The van der Waals surface area contributed by atoms with E-state index in [1.54, 1.807) is 12.3 Å². The molecule has 0 radical (unpaired) electrons. The van der Waals surface area contributed by atoms with Crippen molar-refractivity contribution in [2.75, 3.05) is 0 Å². The third kappa shape index (κ3) is 4.35. The molecule has 0 aromatic carbocycles. The lowest BCUT2D eigenvalue weighted by Crippen LogP contribution is -2.39. The molecule has 0 amide bonds. The van der Waals surface area contributed by atoms with Gasteiger partial charge in [-0.3, -0.25) is 4.79 Å². The van der Waals surface area contributed by atoms with Gasteiger partial charge in [0.15, 0.2) is 0 Å². The van der Waals surface area contributed by atoms with Gasteiger partial charge in [0, 0.05) is 18.3 Å². The molecular weight excluding hydrogens is 206 g/mol. The predicted molar refractivity (Wildman–Crippen MR) is 59.6 cm³/mol. The second kappa shape index (κ2) is 5.03. The Morgan fingerprint density at radius 1 is 1.56 bits per heavy atom. The monoisotopic (exact) mass is 223 g/mol. The number of carbonyl (C=O) groups excluding carboxylic acids is 1. The normalized spacial score (nSPS) is 13.2. The van der Waals surface area contributed by atoms with E-state index < -0.39 is 17.6 Å². The number of nitrogens with two attached hydrogens (primary N) is 1. The third-order valence-corrected chi connectivity index (χ3v) is 1.78. The number of nitrogens with zero attached hydrogens (tertiary/aromatic N) is 2. The van der Waals surface area contributed by atoms with E-state index in [4.69, 9.17) is 10.5 Å². The van der Waals surface area contributed by atoms with Crippen LogP contribution in [0.4, 0.5) is 0 Å². The molecule has 1 heterocycles. The molecule has 5 heteroatoms. The van der Waals surface area contributed by atoms with Crippen LogP contribution in [0.15, 0.2) is 18.6 Å². The molecule has 0 spiro atoms. The molecule has 88 valence electrons. The summed E-state index contributed by atoms with van der Waals surface area (Å²) in [5.74, 6) is -0.411. The van der Waals surface area contributed by atoms with Crippen molar-refractivity contribution < 1.29 is 9.53 Å². The molecule has 1 atom stereocenters. The lowest BCUT2D eigenvalue weighted by atomic mass is 10.1. The second-order valence-corrected chi connectivity index (χ2v) is 4.54. The highest BCUT2D eigenvalue weighted by molar-refractivity contribution is 5.76. The molecule has 0 bridgehead atoms. The first-order valence-corrected chi connectivity index (χ1v) is 5.12. The van der Waals surface area contributed by atoms with Crippen LogP contribution in [0.3, 0.4) is 0 Å². The molecule has 0 aliphatic carbocycles. The SMILES string of the molecule is CC(C)(C)OC(=O)C(N)Cc1ccncn1. The van der Waals surface area contributed by atoms with Gasteiger partial charge in [-0.15, -0.1) is 0 Å². The highest BCUT2D eigenvalue weighted by Gasteiger charge is 2.22. The average molecular weight is 223 g/mol. The number of rotatable bonds is 3. The van der Waals surface area contributed by atoms with Crippen molar-refractivity contribution in [1.82, 2.24) is 9.97 Å². The number of carbonyl (C=O) groups is 1. The topological polar surface area (TPSA) is 78.1 Å². The quantitative estimate of drug-likeness (QED) is 0.763. The van der Waals surface area contributed by atoms with Crippen LogP contribution in [0.5, 0.6) is 0 Å². The van der Waals surface area contributed by atoms with Crippen molar-refractivity contribution in [3.63, 3.8) is 0 Å². The Morgan fingerprint density at radius 3 is 2.75 bits per heavy atom. The van der Waals surface area contributed by atoms with Gasteiger partial charge in [-0.05, 0) is 26.8 Å². The standard InChI is InChI=1S/C11H17N3O2/c1-11(2,3)16-10(15)9(12)6-8-4-5-13-7-14-8/h4-5,7,9H,6,12H2,1-3H3. The molecule has 1 aromatic rings. The fraction of sp³-hybridized carbons (Fsp3) is 0.545. The molecule has 0 aliphatic heterocycles. The molecule has 1 aromatic heterocycles. The first-order valence-electron chi connectivity index (χ1n) is 5.12. The van der Waals surface area contributed by atoms with E-state index in [0.29, 0.717) is 6.42 Å². The van der Waals surface area contributed by atoms with Crippen LogP contribution in [-0.2, 0) is 16.0 Å². The van der Waals surface area contributed by atoms with Crippen molar-refractivity contribution in [2.45, 2.75) is 38.8 Å². The summed E-state index contributed by atoms with van der Waals surface area (Å²) in [7, 11) is 0.